The minimum Gasteiger partial charge on any atom is -0.342 e. The maximum Gasteiger partial charge on any atom is 0.225 e. The molecule has 1 saturated carbocycles. The number of amides is 1. The minimum atomic E-state index is -0.213. The Balaban J connectivity index is 1.44. The third-order valence-electron chi connectivity index (χ3n) is 5.98. The number of hydrogen-bond donors (Lipinski definition) is 0. The van der Waals surface area contributed by atoms with Crippen LogP contribution in [0.15, 0.2) is 42.5 Å². The normalized spacial score (nSPS) is 20.8. The Morgan fingerprint density at radius 3 is 2.59 bits per heavy atom. The summed E-state index contributed by atoms with van der Waals surface area (Å²) in [5.41, 5.74) is 3.14. The van der Waals surface area contributed by atoms with Gasteiger partial charge in [-0.1, -0.05) is 31.0 Å². The van der Waals surface area contributed by atoms with Gasteiger partial charge >= 0.3 is 0 Å². The molecule has 4 heteroatoms. The van der Waals surface area contributed by atoms with Crippen molar-refractivity contribution in [3.63, 3.8) is 0 Å². The van der Waals surface area contributed by atoms with Crippen LogP contribution in [0.3, 0.4) is 0 Å². The number of piperidine rings is 1. The first-order chi connectivity index (χ1) is 13.2. The Kier molecular flexibility index (Phi) is 5.51. The fourth-order valence-corrected chi connectivity index (χ4v) is 4.49. The van der Waals surface area contributed by atoms with Gasteiger partial charge in [0.25, 0.3) is 0 Å². The van der Waals surface area contributed by atoms with Gasteiger partial charge in [-0.05, 0) is 55.5 Å². The van der Waals surface area contributed by atoms with Crippen LogP contribution in [0.4, 0.5) is 4.39 Å². The molecule has 3 nitrogen and oxygen atoms in total. The van der Waals surface area contributed by atoms with Gasteiger partial charge in [-0.2, -0.15) is 0 Å². The first-order valence-electron chi connectivity index (χ1n) is 10.2. The minimum absolute atomic E-state index is 0.213. The van der Waals surface area contributed by atoms with Gasteiger partial charge in [0.15, 0.2) is 0 Å². The summed E-state index contributed by atoms with van der Waals surface area (Å²) in [4.78, 5) is 19.7. The second-order valence-electron chi connectivity index (χ2n) is 7.96. The Morgan fingerprint density at radius 1 is 1.04 bits per heavy atom. The molecule has 4 rings (SSSR count). The molecule has 1 atom stereocenters. The standard InChI is InChI=1S/C23H27FN2O/c24-20-12-10-17(11-13-20)15-21-8-3-9-22(25-21)19-7-4-14-26(16-19)23(27)18-5-1-2-6-18/h3,8-13,18-19H,1-2,4-7,14-16H2. The van der Waals surface area contributed by atoms with E-state index in [-0.39, 0.29) is 11.7 Å². The van der Waals surface area contributed by atoms with E-state index in [1.807, 2.05) is 18.2 Å². The van der Waals surface area contributed by atoms with Crippen LogP contribution in [-0.4, -0.2) is 28.9 Å². The average Bonchev–Trinajstić information content (AvgIpc) is 3.24. The number of likely N-dealkylation sites (tertiary alicyclic amines) is 1. The number of pyridine rings is 1. The lowest BCUT2D eigenvalue weighted by atomic mass is 9.92. The predicted octanol–water partition coefficient (Wildman–Crippen LogP) is 4.71. The molecule has 1 aromatic carbocycles. The smallest absolute Gasteiger partial charge is 0.225 e. The lowest BCUT2D eigenvalue weighted by Crippen LogP contribution is -2.42. The molecule has 2 aromatic rings. The molecule has 142 valence electrons. The molecule has 0 bridgehead atoms. The Hall–Kier alpha value is -2.23. The maximum atomic E-state index is 13.1. The van der Waals surface area contributed by atoms with Crippen molar-refractivity contribution in [2.75, 3.05) is 13.1 Å². The van der Waals surface area contributed by atoms with Gasteiger partial charge in [0.1, 0.15) is 5.82 Å². The monoisotopic (exact) mass is 366 g/mol. The molecule has 1 amide bonds. The van der Waals surface area contributed by atoms with E-state index in [9.17, 15) is 9.18 Å². The molecular formula is C23H27FN2O. The van der Waals surface area contributed by atoms with E-state index in [2.05, 4.69) is 17.0 Å². The van der Waals surface area contributed by atoms with Crippen molar-refractivity contribution in [1.29, 1.82) is 0 Å². The number of aromatic nitrogens is 1. The molecule has 0 radical (unpaired) electrons. The highest BCUT2D eigenvalue weighted by Gasteiger charge is 2.31. The molecule has 0 N–H and O–H groups in total. The summed E-state index contributed by atoms with van der Waals surface area (Å²) >= 11 is 0. The zero-order valence-corrected chi connectivity index (χ0v) is 15.7. The number of carbonyl (C=O) groups is 1. The van der Waals surface area contributed by atoms with Crippen molar-refractivity contribution in [2.45, 2.75) is 50.9 Å². The zero-order valence-electron chi connectivity index (χ0n) is 15.7. The van der Waals surface area contributed by atoms with E-state index in [1.165, 1.54) is 25.0 Å². The third kappa shape index (κ3) is 4.37. The second kappa shape index (κ2) is 8.20. The number of rotatable bonds is 4. The summed E-state index contributed by atoms with van der Waals surface area (Å²) in [5, 5.41) is 0. The summed E-state index contributed by atoms with van der Waals surface area (Å²) in [6.45, 7) is 1.68. The van der Waals surface area contributed by atoms with Gasteiger partial charge in [-0.25, -0.2) is 4.39 Å². The summed E-state index contributed by atoms with van der Waals surface area (Å²) in [6, 6.07) is 12.8. The van der Waals surface area contributed by atoms with Crippen LogP contribution < -0.4 is 0 Å². The topological polar surface area (TPSA) is 33.2 Å². The van der Waals surface area contributed by atoms with Crippen LogP contribution in [-0.2, 0) is 11.2 Å². The predicted molar refractivity (Wildman–Crippen MR) is 104 cm³/mol. The average molecular weight is 366 g/mol. The Bertz CT molecular complexity index is 783. The van der Waals surface area contributed by atoms with Crippen molar-refractivity contribution in [2.24, 2.45) is 5.92 Å². The highest BCUT2D eigenvalue weighted by Crippen LogP contribution is 2.31. The van der Waals surface area contributed by atoms with Gasteiger partial charge in [0, 0.05) is 42.7 Å². The Labute approximate surface area is 160 Å². The third-order valence-corrected chi connectivity index (χ3v) is 5.98. The highest BCUT2D eigenvalue weighted by atomic mass is 19.1. The summed E-state index contributed by atoms with van der Waals surface area (Å²) in [6.07, 6.45) is 7.35. The first-order valence-corrected chi connectivity index (χ1v) is 10.2. The van der Waals surface area contributed by atoms with Crippen molar-refractivity contribution in [3.05, 3.63) is 65.2 Å². The molecule has 1 saturated heterocycles. The van der Waals surface area contributed by atoms with E-state index in [0.29, 0.717) is 18.2 Å². The number of nitrogens with zero attached hydrogens (tertiary/aromatic N) is 2. The molecule has 1 unspecified atom stereocenters. The van der Waals surface area contributed by atoms with Crippen molar-refractivity contribution < 1.29 is 9.18 Å². The number of halogens is 1. The quantitative estimate of drug-likeness (QED) is 0.785. The van der Waals surface area contributed by atoms with Crippen LogP contribution >= 0.6 is 0 Å². The van der Waals surface area contributed by atoms with Crippen molar-refractivity contribution >= 4 is 5.91 Å². The fraction of sp³-hybridized carbons (Fsp3) is 0.478. The van der Waals surface area contributed by atoms with E-state index in [1.54, 1.807) is 0 Å². The number of benzene rings is 1. The van der Waals surface area contributed by atoms with Crippen LogP contribution in [0.1, 0.15) is 61.4 Å². The van der Waals surface area contributed by atoms with E-state index >= 15 is 0 Å². The highest BCUT2D eigenvalue weighted by molar-refractivity contribution is 5.79. The van der Waals surface area contributed by atoms with Gasteiger partial charge in [0.05, 0.1) is 0 Å². The SMILES string of the molecule is O=C(C1CCCC1)N1CCCC(c2cccc(Cc3ccc(F)cc3)n2)C1. The van der Waals surface area contributed by atoms with Crippen LogP contribution in [0.25, 0.3) is 0 Å². The molecule has 2 fully saturated rings. The lowest BCUT2D eigenvalue weighted by molar-refractivity contribution is -0.136. The molecule has 1 aliphatic heterocycles. The van der Waals surface area contributed by atoms with Crippen LogP contribution in [0.5, 0.6) is 0 Å². The molecule has 2 aliphatic rings. The van der Waals surface area contributed by atoms with Gasteiger partial charge in [0.2, 0.25) is 5.91 Å². The molecule has 0 spiro atoms. The maximum absolute atomic E-state index is 13.1. The number of carbonyl (C=O) groups excluding carboxylic acids is 1. The largest absolute Gasteiger partial charge is 0.342 e. The van der Waals surface area contributed by atoms with Crippen LogP contribution in [0, 0.1) is 11.7 Å². The van der Waals surface area contributed by atoms with Gasteiger partial charge < -0.3 is 4.90 Å². The van der Waals surface area contributed by atoms with E-state index < -0.39 is 0 Å². The van der Waals surface area contributed by atoms with Crippen molar-refractivity contribution in [3.8, 4) is 0 Å². The van der Waals surface area contributed by atoms with Gasteiger partial charge in [-0.3, -0.25) is 9.78 Å². The fourth-order valence-electron chi connectivity index (χ4n) is 4.49. The summed E-state index contributed by atoms with van der Waals surface area (Å²) in [5.74, 6) is 0.716. The van der Waals surface area contributed by atoms with E-state index in [4.69, 9.17) is 4.98 Å². The lowest BCUT2D eigenvalue weighted by Gasteiger charge is -2.34. The molecule has 27 heavy (non-hydrogen) atoms. The molecule has 1 aliphatic carbocycles. The number of hydrogen-bond acceptors (Lipinski definition) is 2. The summed E-state index contributed by atoms with van der Waals surface area (Å²) < 4.78 is 13.1. The summed E-state index contributed by atoms with van der Waals surface area (Å²) in [7, 11) is 0. The Morgan fingerprint density at radius 2 is 1.81 bits per heavy atom. The van der Waals surface area contributed by atoms with E-state index in [0.717, 1.165) is 55.7 Å². The second-order valence-corrected chi connectivity index (χ2v) is 7.96. The first kappa shape index (κ1) is 18.1. The molecule has 2 heterocycles. The zero-order chi connectivity index (χ0) is 18.6. The van der Waals surface area contributed by atoms with Crippen molar-refractivity contribution in [1.82, 2.24) is 9.88 Å². The van der Waals surface area contributed by atoms with Crippen LogP contribution in [0.2, 0.25) is 0 Å². The molecular weight excluding hydrogens is 339 g/mol. The van der Waals surface area contributed by atoms with Gasteiger partial charge in [-0.15, -0.1) is 0 Å². The molecule has 1 aromatic heterocycles.